The van der Waals surface area contributed by atoms with E-state index in [9.17, 15) is 4.39 Å². The van der Waals surface area contributed by atoms with Crippen LogP contribution in [0, 0.1) is 12.7 Å². The Kier molecular flexibility index (Phi) is 3.34. The van der Waals surface area contributed by atoms with Crippen molar-refractivity contribution >= 4 is 0 Å². The number of nitrogens with zero attached hydrogens (tertiary/aromatic N) is 2. The molecule has 0 aliphatic rings. The molecule has 0 saturated carbocycles. The number of halogens is 1. The second-order valence-electron chi connectivity index (χ2n) is 3.51. The van der Waals surface area contributed by atoms with Gasteiger partial charge in [0.25, 0.3) is 0 Å². The molecule has 0 spiro atoms. The predicted octanol–water partition coefficient (Wildman–Crippen LogP) is 1.59. The van der Waals surface area contributed by atoms with E-state index in [2.05, 4.69) is 14.9 Å². The van der Waals surface area contributed by atoms with Crippen molar-refractivity contribution in [3.05, 3.63) is 41.0 Å². The minimum absolute atomic E-state index is 0.0880. The van der Waals surface area contributed by atoms with Crippen LogP contribution >= 0.6 is 0 Å². The van der Waals surface area contributed by atoms with Crippen molar-refractivity contribution in [1.82, 2.24) is 10.3 Å². The maximum absolute atomic E-state index is 13.5. The predicted molar refractivity (Wildman–Crippen MR) is 55.7 cm³/mol. The van der Waals surface area contributed by atoms with Crippen LogP contribution in [0.3, 0.4) is 0 Å². The Morgan fingerprint density at radius 3 is 2.82 bits per heavy atom. The summed E-state index contributed by atoms with van der Waals surface area (Å²) < 4.78 is 23.2. The van der Waals surface area contributed by atoms with Crippen molar-refractivity contribution in [2.75, 3.05) is 0 Å². The highest BCUT2D eigenvalue weighted by Gasteiger charge is 2.09. The van der Waals surface area contributed by atoms with Crippen molar-refractivity contribution in [3.8, 4) is 5.75 Å². The van der Waals surface area contributed by atoms with Gasteiger partial charge in [-0.3, -0.25) is 0 Å². The van der Waals surface area contributed by atoms with Crippen LogP contribution in [-0.4, -0.2) is 15.4 Å². The third-order valence-electron chi connectivity index (χ3n) is 2.29. The first-order valence-electron chi connectivity index (χ1n) is 5.01. The molecule has 0 amide bonds. The molecule has 1 aromatic heterocycles. The Morgan fingerprint density at radius 1 is 1.41 bits per heavy atom. The smallest absolute Gasteiger partial charge is 0.165 e. The summed E-state index contributed by atoms with van der Waals surface area (Å²) in [5, 5.41) is 16.0. The molecule has 0 radical (unpaired) electrons. The molecule has 6 heteroatoms. The lowest BCUT2D eigenvalue weighted by atomic mass is 10.2. The van der Waals surface area contributed by atoms with Crippen molar-refractivity contribution in [2.24, 2.45) is 0 Å². The first kappa shape index (κ1) is 11.5. The van der Waals surface area contributed by atoms with Crippen LogP contribution in [0.1, 0.15) is 17.0 Å². The summed E-state index contributed by atoms with van der Waals surface area (Å²) in [6, 6.07) is 4.28. The third kappa shape index (κ3) is 2.59. The van der Waals surface area contributed by atoms with Gasteiger partial charge >= 0.3 is 0 Å². The number of hydrogen-bond acceptors (Lipinski definition) is 5. The minimum atomic E-state index is -0.523. The zero-order chi connectivity index (χ0) is 12.3. The average molecular weight is 238 g/mol. The number of aliphatic hydroxyl groups is 1. The number of benzene rings is 1. The van der Waals surface area contributed by atoms with Crippen LogP contribution in [0.15, 0.2) is 22.8 Å². The molecule has 0 bridgehead atoms. The first-order chi connectivity index (χ1) is 8.20. The molecule has 0 saturated heterocycles. The number of hydrogen-bond donors (Lipinski definition) is 1. The molecule has 1 heterocycles. The molecule has 0 unspecified atom stereocenters. The van der Waals surface area contributed by atoms with Gasteiger partial charge in [0, 0.05) is 0 Å². The molecule has 1 N–H and O–H groups in total. The van der Waals surface area contributed by atoms with Gasteiger partial charge in [0.1, 0.15) is 18.0 Å². The Balaban J connectivity index is 2.07. The largest absolute Gasteiger partial charge is 0.484 e. The summed E-state index contributed by atoms with van der Waals surface area (Å²) in [4.78, 5) is 0. The zero-order valence-corrected chi connectivity index (χ0v) is 9.18. The lowest BCUT2D eigenvalue weighted by Gasteiger charge is -2.06. The summed E-state index contributed by atoms with van der Waals surface area (Å²) in [7, 11) is 0. The summed E-state index contributed by atoms with van der Waals surface area (Å²) in [6.07, 6.45) is 0. The molecule has 0 aliphatic carbocycles. The van der Waals surface area contributed by atoms with E-state index >= 15 is 0 Å². The Morgan fingerprint density at radius 2 is 2.24 bits per heavy atom. The van der Waals surface area contributed by atoms with Gasteiger partial charge < -0.3 is 9.84 Å². The van der Waals surface area contributed by atoms with E-state index in [1.54, 1.807) is 13.0 Å². The number of aryl methyl sites for hydroxylation is 1. The van der Waals surface area contributed by atoms with Crippen molar-refractivity contribution in [2.45, 2.75) is 20.1 Å². The molecular formula is C11H11FN2O3. The van der Waals surface area contributed by atoms with E-state index in [1.807, 2.05) is 0 Å². The molecule has 1 aromatic carbocycles. The van der Waals surface area contributed by atoms with Gasteiger partial charge in [-0.15, -0.1) is 0 Å². The van der Waals surface area contributed by atoms with Gasteiger partial charge in [0.2, 0.25) is 0 Å². The van der Waals surface area contributed by atoms with E-state index in [0.29, 0.717) is 17.0 Å². The summed E-state index contributed by atoms with van der Waals surface area (Å²) in [6.45, 7) is 1.61. The van der Waals surface area contributed by atoms with Crippen LogP contribution in [0.4, 0.5) is 4.39 Å². The van der Waals surface area contributed by atoms with Gasteiger partial charge in [0.15, 0.2) is 11.6 Å². The van der Waals surface area contributed by atoms with Crippen molar-refractivity contribution in [1.29, 1.82) is 0 Å². The maximum atomic E-state index is 13.5. The number of aromatic nitrogens is 2. The van der Waals surface area contributed by atoms with E-state index in [-0.39, 0.29) is 19.0 Å². The molecule has 2 aromatic rings. The first-order valence-corrected chi connectivity index (χ1v) is 5.01. The molecule has 0 aliphatic heterocycles. The lowest BCUT2D eigenvalue weighted by molar-refractivity contribution is 0.260. The van der Waals surface area contributed by atoms with Crippen LogP contribution in [-0.2, 0) is 13.2 Å². The summed E-state index contributed by atoms with van der Waals surface area (Å²) in [5.41, 5.74) is 1.63. The fourth-order valence-electron chi connectivity index (χ4n) is 1.29. The summed E-state index contributed by atoms with van der Waals surface area (Å²) >= 11 is 0. The molecule has 17 heavy (non-hydrogen) atoms. The van der Waals surface area contributed by atoms with Crippen LogP contribution in [0.2, 0.25) is 0 Å². The molecule has 0 atom stereocenters. The fraction of sp³-hybridized carbons (Fsp3) is 0.273. The topological polar surface area (TPSA) is 68.4 Å². The zero-order valence-electron chi connectivity index (χ0n) is 9.18. The number of aliphatic hydroxyl groups excluding tert-OH is 1. The van der Waals surface area contributed by atoms with E-state index < -0.39 is 5.82 Å². The van der Waals surface area contributed by atoms with Gasteiger partial charge in [-0.1, -0.05) is 16.4 Å². The van der Waals surface area contributed by atoms with Crippen LogP contribution in [0.25, 0.3) is 0 Å². The van der Waals surface area contributed by atoms with E-state index in [0.717, 1.165) is 0 Å². The van der Waals surface area contributed by atoms with Crippen LogP contribution < -0.4 is 4.74 Å². The van der Waals surface area contributed by atoms with Gasteiger partial charge in [-0.25, -0.2) is 9.02 Å². The van der Waals surface area contributed by atoms with Gasteiger partial charge in [-0.05, 0) is 24.6 Å². The quantitative estimate of drug-likeness (QED) is 0.875. The van der Waals surface area contributed by atoms with Gasteiger partial charge in [-0.2, -0.15) is 0 Å². The Bertz CT molecular complexity index is 513. The highest BCUT2D eigenvalue weighted by molar-refractivity contribution is 5.29. The average Bonchev–Trinajstić information content (AvgIpc) is 2.73. The summed E-state index contributed by atoms with van der Waals surface area (Å²) in [5.74, 6) is -0.421. The normalized spacial score (nSPS) is 10.5. The SMILES string of the molecule is Cc1nonc1COc1ccc(CO)cc1F. The minimum Gasteiger partial charge on any atom is -0.484 e. The third-order valence-corrected chi connectivity index (χ3v) is 2.29. The molecule has 0 fully saturated rings. The molecular weight excluding hydrogens is 227 g/mol. The second kappa shape index (κ2) is 4.92. The van der Waals surface area contributed by atoms with Gasteiger partial charge in [0.05, 0.1) is 6.61 Å². The Hall–Kier alpha value is -1.95. The lowest BCUT2D eigenvalue weighted by Crippen LogP contribution is -2.00. The standard InChI is InChI=1S/C11H11FN2O3/c1-7-10(14-17-13-7)6-16-11-3-2-8(5-15)4-9(11)12/h2-4,15H,5-6H2,1H3. The van der Waals surface area contributed by atoms with Crippen molar-refractivity contribution in [3.63, 3.8) is 0 Å². The highest BCUT2D eigenvalue weighted by atomic mass is 19.1. The van der Waals surface area contributed by atoms with E-state index in [1.165, 1.54) is 12.1 Å². The van der Waals surface area contributed by atoms with Crippen molar-refractivity contribution < 1.29 is 18.9 Å². The second-order valence-corrected chi connectivity index (χ2v) is 3.51. The maximum Gasteiger partial charge on any atom is 0.165 e. The number of ether oxygens (including phenoxy) is 1. The van der Waals surface area contributed by atoms with Crippen LogP contribution in [0.5, 0.6) is 5.75 Å². The van der Waals surface area contributed by atoms with E-state index in [4.69, 9.17) is 9.84 Å². The molecule has 90 valence electrons. The molecule has 2 rings (SSSR count). The molecule has 5 nitrogen and oxygen atoms in total. The fourth-order valence-corrected chi connectivity index (χ4v) is 1.29. The monoisotopic (exact) mass is 238 g/mol. The highest BCUT2D eigenvalue weighted by Crippen LogP contribution is 2.19. The number of rotatable bonds is 4. The Labute approximate surface area is 96.8 Å².